The van der Waals surface area contributed by atoms with Gasteiger partial charge in [0.2, 0.25) is 0 Å². The molecule has 3 nitrogen and oxygen atoms in total. The van der Waals surface area contributed by atoms with Crippen molar-refractivity contribution in [3.8, 4) is 6.07 Å². The van der Waals surface area contributed by atoms with Crippen LogP contribution in [0.25, 0.3) is 0 Å². The summed E-state index contributed by atoms with van der Waals surface area (Å²) in [6.07, 6.45) is 1.56. The lowest BCUT2D eigenvalue weighted by atomic mass is 9.74. The zero-order chi connectivity index (χ0) is 17.0. The van der Waals surface area contributed by atoms with Crippen LogP contribution in [0.4, 0.5) is 14.5 Å². The number of rotatable bonds is 4. The topological polar surface area (TPSA) is 45.0 Å². The molecule has 2 aromatic carbocycles. The minimum atomic E-state index is -0.537. The first kappa shape index (κ1) is 16.4. The van der Waals surface area contributed by atoms with Crippen molar-refractivity contribution in [2.75, 3.05) is 25.1 Å². The van der Waals surface area contributed by atoms with Gasteiger partial charge >= 0.3 is 0 Å². The summed E-state index contributed by atoms with van der Waals surface area (Å²) < 4.78 is 32.5. The molecule has 1 aliphatic heterocycles. The first-order chi connectivity index (χ1) is 11.6. The highest BCUT2D eigenvalue weighted by atomic mass is 19.1. The molecule has 5 heteroatoms. The predicted molar refractivity (Wildman–Crippen MR) is 87.7 cm³/mol. The van der Waals surface area contributed by atoms with Gasteiger partial charge < -0.3 is 10.1 Å². The van der Waals surface area contributed by atoms with E-state index in [1.54, 1.807) is 24.3 Å². The summed E-state index contributed by atoms with van der Waals surface area (Å²) in [5.74, 6) is -0.809. The van der Waals surface area contributed by atoms with E-state index < -0.39 is 5.82 Å². The third kappa shape index (κ3) is 3.24. The second-order valence-electron chi connectivity index (χ2n) is 6.03. The lowest BCUT2D eigenvalue weighted by molar-refractivity contribution is 0.0543. The summed E-state index contributed by atoms with van der Waals surface area (Å²) >= 11 is 0. The Balaban J connectivity index is 1.87. The molecule has 1 saturated heterocycles. The van der Waals surface area contributed by atoms with Crippen LogP contribution in [-0.4, -0.2) is 19.8 Å². The van der Waals surface area contributed by atoms with Crippen LogP contribution in [0.1, 0.15) is 24.0 Å². The summed E-state index contributed by atoms with van der Waals surface area (Å²) in [6.45, 7) is 1.76. The highest BCUT2D eigenvalue weighted by molar-refractivity contribution is 5.58. The molecule has 1 N–H and O–H groups in total. The Morgan fingerprint density at radius 3 is 2.46 bits per heavy atom. The standard InChI is InChI=1S/C19H18F2N2O/c20-15-6-4-14(5-7-15)19(8-10-24-11-9-19)13-23-18-3-1-2-17(21)16(18)12-22/h1-7,23H,8-11,13H2. The molecule has 0 atom stereocenters. The van der Waals surface area contributed by atoms with Gasteiger partial charge in [0.1, 0.15) is 23.3 Å². The van der Waals surface area contributed by atoms with Gasteiger partial charge in [-0.1, -0.05) is 18.2 Å². The molecule has 0 aromatic heterocycles. The highest BCUT2D eigenvalue weighted by Crippen LogP contribution is 2.35. The second kappa shape index (κ2) is 6.98. The SMILES string of the molecule is N#Cc1c(F)cccc1NCC1(c2ccc(F)cc2)CCOCC1. The van der Waals surface area contributed by atoms with Crippen LogP contribution in [0, 0.1) is 23.0 Å². The van der Waals surface area contributed by atoms with Crippen molar-refractivity contribution >= 4 is 5.69 Å². The quantitative estimate of drug-likeness (QED) is 0.923. The molecule has 1 fully saturated rings. The molecule has 1 aliphatic rings. The molecular formula is C19H18F2N2O. The Morgan fingerprint density at radius 2 is 1.79 bits per heavy atom. The maximum atomic E-state index is 13.8. The van der Waals surface area contributed by atoms with Gasteiger partial charge in [-0.2, -0.15) is 5.26 Å². The monoisotopic (exact) mass is 328 g/mol. The van der Waals surface area contributed by atoms with Crippen molar-refractivity contribution < 1.29 is 13.5 Å². The fourth-order valence-corrected chi connectivity index (χ4v) is 3.18. The van der Waals surface area contributed by atoms with E-state index in [1.807, 2.05) is 6.07 Å². The molecule has 24 heavy (non-hydrogen) atoms. The second-order valence-corrected chi connectivity index (χ2v) is 6.03. The average molecular weight is 328 g/mol. The minimum absolute atomic E-state index is 0.0128. The molecule has 0 saturated carbocycles. The van der Waals surface area contributed by atoms with Crippen LogP contribution < -0.4 is 5.32 Å². The summed E-state index contributed by atoms with van der Waals surface area (Å²) in [5.41, 5.74) is 1.28. The smallest absolute Gasteiger partial charge is 0.143 e. The van der Waals surface area contributed by atoms with Gasteiger partial charge in [0.15, 0.2) is 0 Å². The molecule has 0 bridgehead atoms. The van der Waals surface area contributed by atoms with Gasteiger partial charge in [0.05, 0.1) is 5.69 Å². The molecule has 0 amide bonds. The zero-order valence-corrected chi connectivity index (χ0v) is 13.2. The molecule has 3 rings (SSSR count). The van der Waals surface area contributed by atoms with E-state index in [-0.39, 0.29) is 16.8 Å². The van der Waals surface area contributed by atoms with Crippen LogP contribution >= 0.6 is 0 Å². The van der Waals surface area contributed by atoms with Gasteiger partial charge in [0, 0.05) is 25.2 Å². The normalized spacial score (nSPS) is 16.4. The number of hydrogen-bond acceptors (Lipinski definition) is 3. The lowest BCUT2D eigenvalue weighted by Crippen LogP contribution is -2.40. The van der Waals surface area contributed by atoms with E-state index in [0.29, 0.717) is 25.4 Å². The van der Waals surface area contributed by atoms with Crippen LogP contribution in [-0.2, 0) is 10.2 Å². The summed E-state index contributed by atoms with van der Waals surface area (Å²) in [7, 11) is 0. The van der Waals surface area contributed by atoms with Crippen molar-refractivity contribution in [2.45, 2.75) is 18.3 Å². The Hall–Kier alpha value is -2.45. The predicted octanol–water partition coefficient (Wildman–Crippen LogP) is 4.00. The number of nitrogens with one attached hydrogen (secondary N) is 1. The van der Waals surface area contributed by atoms with Gasteiger partial charge in [-0.25, -0.2) is 8.78 Å². The number of ether oxygens (including phenoxy) is 1. The van der Waals surface area contributed by atoms with E-state index in [9.17, 15) is 8.78 Å². The maximum Gasteiger partial charge on any atom is 0.143 e. The number of nitrogens with zero attached hydrogens (tertiary/aromatic N) is 1. The molecule has 124 valence electrons. The summed E-state index contributed by atoms with van der Waals surface area (Å²) in [5, 5.41) is 12.4. The first-order valence-corrected chi connectivity index (χ1v) is 7.91. The number of benzene rings is 2. The summed E-state index contributed by atoms with van der Waals surface area (Å²) in [6, 6.07) is 12.9. The fourth-order valence-electron chi connectivity index (χ4n) is 3.18. The summed E-state index contributed by atoms with van der Waals surface area (Å²) in [4.78, 5) is 0. The van der Waals surface area contributed by atoms with Crippen molar-refractivity contribution in [3.05, 3.63) is 65.2 Å². The molecular weight excluding hydrogens is 310 g/mol. The number of halogens is 2. The van der Waals surface area contributed by atoms with Gasteiger partial charge in [-0.15, -0.1) is 0 Å². The Labute approximate surface area is 139 Å². The minimum Gasteiger partial charge on any atom is -0.383 e. The van der Waals surface area contributed by atoms with Gasteiger partial charge in [-0.05, 0) is 42.7 Å². The van der Waals surface area contributed by atoms with Crippen LogP contribution in [0.15, 0.2) is 42.5 Å². The van der Waals surface area contributed by atoms with E-state index in [4.69, 9.17) is 10.00 Å². The Morgan fingerprint density at radius 1 is 1.08 bits per heavy atom. The highest BCUT2D eigenvalue weighted by Gasteiger charge is 2.34. The third-order valence-corrected chi connectivity index (χ3v) is 4.65. The maximum absolute atomic E-state index is 13.8. The Kier molecular flexibility index (Phi) is 4.77. The van der Waals surface area contributed by atoms with Gasteiger partial charge in [0.25, 0.3) is 0 Å². The largest absolute Gasteiger partial charge is 0.383 e. The number of hydrogen-bond donors (Lipinski definition) is 1. The van der Waals surface area contributed by atoms with E-state index in [2.05, 4.69) is 5.32 Å². The van der Waals surface area contributed by atoms with Crippen molar-refractivity contribution in [3.63, 3.8) is 0 Å². The zero-order valence-electron chi connectivity index (χ0n) is 13.2. The third-order valence-electron chi connectivity index (χ3n) is 4.65. The molecule has 0 unspecified atom stereocenters. The number of nitriles is 1. The molecule has 0 radical (unpaired) electrons. The Bertz CT molecular complexity index is 747. The average Bonchev–Trinajstić information content (AvgIpc) is 2.61. The number of anilines is 1. The van der Waals surface area contributed by atoms with Crippen molar-refractivity contribution in [1.29, 1.82) is 5.26 Å². The molecule has 2 aromatic rings. The van der Waals surface area contributed by atoms with E-state index >= 15 is 0 Å². The molecule has 0 spiro atoms. The van der Waals surface area contributed by atoms with Crippen molar-refractivity contribution in [2.24, 2.45) is 0 Å². The fraction of sp³-hybridized carbons (Fsp3) is 0.316. The molecule has 1 heterocycles. The first-order valence-electron chi connectivity index (χ1n) is 7.91. The molecule has 0 aliphatic carbocycles. The van der Waals surface area contributed by atoms with Crippen LogP contribution in [0.2, 0.25) is 0 Å². The van der Waals surface area contributed by atoms with Crippen LogP contribution in [0.3, 0.4) is 0 Å². The van der Waals surface area contributed by atoms with E-state index in [1.165, 1.54) is 18.2 Å². The van der Waals surface area contributed by atoms with Crippen molar-refractivity contribution in [1.82, 2.24) is 0 Å². The lowest BCUT2D eigenvalue weighted by Gasteiger charge is -2.38. The van der Waals surface area contributed by atoms with E-state index in [0.717, 1.165) is 18.4 Å². The van der Waals surface area contributed by atoms with Crippen LogP contribution in [0.5, 0.6) is 0 Å². The van der Waals surface area contributed by atoms with Gasteiger partial charge in [-0.3, -0.25) is 0 Å².